The molecular formula is C28H32N4O4. The van der Waals surface area contributed by atoms with Gasteiger partial charge in [-0.05, 0) is 76.1 Å². The topological polar surface area (TPSA) is 81.2 Å². The molecule has 4 heterocycles. The van der Waals surface area contributed by atoms with Crippen molar-refractivity contribution in [3.05, 3.63) is 46.5 Å². The molecule has 4 aliphatic heterocycles. The first kappa shape index (κ1) is 23.3. The van der Waals surface area contributed by atoms with E-state index in [-0.39, 0.29) is 23.6 Å². The molecule has 0 spiro atoms. The fourth-order valence-electron chi connectivity index (χ4n) is 6.23. The lowest BCUT2D eigenvalue weighted by Gasteiger charge is -2.34. The molecule has 0 N–H and O–H groups in total. The first-order valence-corrected chi connectivity index (χ1v) is 13.3. The minimum Gasteiger partial charge on any atom is -0.302 e. The van der Waals surface area contributed by atoms with Crippen LogP contribution in [0.15, 0.2) is 24.3 Å². The summed E-state index contributed by atoms with van der Waals surface area (Å²) in [6, 6.07) is 6.63. The van der Waals surface area contributed by atoms with Crippen LogP contribution in [-0.4, -0.2) is 95.6 Å². The predicted octanol–water partition coefficient (Wildman–Crippen LogP) is 3.00. The van der Waals surface area contributed by atoms with Crippen molar-refractivity contribution in [2.24, 2.45) is 0 Å². The number of rotatable bonds is 6. The molecule has 36 heavy (non-hydrogen) atoms. The summed E-state index contributed by atoms with van der Waals surface area (Å²) in [5.41, 5.74) is 1.58. The highest BCUT2D eigenvalue weighted by Crippen LogP contribution is 2.37. The number of carbonyl (C=O) groups excluding carboxylic acids is 4. The van der Waals surface area contributed by atoms with Crippen LogP contribution < -0.4 is 0 Å². The minimum absolute atomic E-state index is 0.338. The summed E-state index contributed by atoms with van der Waals surface area (Å²) in [7, 11) is 0. The van der Waals surface area contributed by atoms with Gasteiger partial charge in [0.1, 0.15) is 0 Å². The zero-order valence-corrected chi connectivity index (χ0v) is 20.6. The molecule has 0 radical (unpaired) electrons. The van der Waals surface area contributed by atoms with Gasteiger partial charge in [-0.25, -0.2) is 0 Å². The summed E-state index contributed by atoms with van der Waals surface area (Å²) in [5, 5.41) is 0.901. The molecular weight excluding hydrogens is 456 g/mol. The van der Waals surface area contributed by atoms with Crippen molar-refractivity contribution >= 4 is 34.4 Å². The van der Waals surface area contributed by atoms with Gasteiger partial charge in [0.2, 0.25) is 0 Å². The van der Waals surface area contributed by atoms with E-state index in [1.165, 1.54) is 22.6 Å². The Hall–Kier alpha value is -3.10. The second-order valence-electron chi connectivity index (χ2n) is 10.4. The van der Waals surface area contributed by atoms with E-state index in [1.807, 2.05) is 0 Å². The molecule has 6 rings (SSSR count). The summed E-state index contributed by atoms with van der Waals surface area (Å²) in [6.07, 6.45) is 7.04. The Kier molecular flexibility index (Phi) is 6.09. The van der Waals surface area contributed by atoms with Crippen LogP contribution in [0, 0.1) is 0 Å². The molecule has 2 saturated heterocycles. The van der Waals surface area contributed by atoms with E-state index in [0.717, 1.165) is 51.9 Å². The molecule has 4 aliphatic rings. The van der Waals surface area contributed by atoms with E-state index in [1.54, 1.807) is 24.3 Å². The zero-order chi connectivity index (χ0) is 24.8. The number of likely N-dealkylation sites (tertiary alicyclic amines) is 2. The van der Waals surface area contributed by atoms with Crippen molar-refractivity contribution in [3.63, 3.8) is 0 Å². The Balaban J connectivity index is 1.29. The highest BCUT2D eigenvalue weighted by atomic mass is 16.2. The lowest BCUT2D eigenvalue weighted by molar-refractivity contribution is 0.0567. The van der Waals surface area contributed by atoms with Gasteiger partial charge in [0, 0.05) is 59.2 Å². The third-order valence-electron chi connectivity index (χ3n) is 8.24. The molecule has 188 valence electrons. The summed E-state index contributed by atoms with van der Waals surface area (Å²) in [5.74, 6) is -1.39. The van der Waals surface area contributed by atoms with Crippen LogP contribution >= 0.6 is 0 Å². The molecule has 0 aromatic heterocycles. The third-order valence-corrected chi connectivity index (χ3v) is 8.24. The Bertz CT molecular complexity index is 1090. The standard InChI is InChI=1S/C28H32N4O4/c33-25-19-7-9-21-24-22(28(36)32(27(21)35)18-16-30-13-5-2-6-14-30)10-8-20(23(19)24)26(34)31(25)17-15-29-11-3-1-4-12-29/h7-10H,1-6,11-18H2. The normalized spacial score (nSPS) is 21.1. The van der Waals surface area contributed by atoms with Crippen LogP contribution in [0.1, 0.15) is 80.0 Å². The number of imide groups is 2. The molecule has 2 aromatic rings. The van der Waals surface area contributed by atoms with Gasteiger partial charge < -0.3 is 9.80 Å². The van der Waals surface area contributed by atoms with E-state index >= 15 is 0 Å². The largest absolute Gasteiger partial charge is 0.302 e. The molecule has 0 aliphatic carbocycles. The predicted molar refractivity (Wildman–Crippen MR) is 135 cm³/mol. The maximum absolute atomic E-state index is 13.4. The van der Waals surface area contributed by atoms with Gasteiger partial charge in [-0.3, -0.25) is 29.0 Å². The monoisotopic (exact) mass is 488 g/mol. The van der Waals surface area contributed by atoms with Crippen LogP contribution in [0.3, 0.4) is 0 Å². The SMILES string of the molecule is O=C1c2ccc3c4c(ccc(c24)C(=O)N1CCN1CCCCC1)C(=O)N(CCN1CCCCC1)C3=O. The first-order chi connectivity index (χ1) is 17.5. The maximum Gasteiger partial charge on any atom is 0.261 e. The highest BCUT2D eigenvalue weighted by molar-refractivity contribution is 6.33. The third kappa shape index (κ3) is 3.83. The van der Waals surface area contributed by atoms with E-state index < -0.39 is 0 Å². The highest BCUT2D eigenvalue weighted by Gasteiger charge is 2.39. The van der Waals surface area contributed by atoms with Gasteiger partial charge in [0.15, 0.2) is 0 Å². The summed E-state index contributed by atoms with van der Waals surface area (Å²) >= 11 is 0. The zero-order valence-electron chi connectivity index (χ0n) is 20.6. The number of carbonyl (C=O) groups is 4. The average molecular weight is 489 g/mol. The van der Waals surface area contributed by atoms with Gasteiger partial charge in [0.25, 0.3) is 23.6 Å². The van der Waals surface area contributed by atoms with E-state index in [9.17, 15) is 19.2 Å². The second-order valence-corrected chi connectivity index (χ2v) is 10.4. The van der Waals surface area contributed by atoms with Gasteiger partial charge >= 0.3 is 0 Å². The van der Waals surface area contributed by atoms with Crippen molar-refractivity contribution < 1.29 is 19.2 Å². The molecule has 2 fully saturated rings. The number of nitrogens with zero attached hydrogens (tertiary/aromatic N) is 4. The number of benzene rings is 2. The Morgan fingerprint density at radius 2 is 0.750 bits per heavy atom. The average Bonchev–Trinajstić information content (AvgIpc) is 2.91. The van der Waals surface area contributed by atoms with Gasteiger partial charge in [-0.1, -0.05) is 12.8 Å². The van der Waals surface area contributed by atoms with Gasteiger partial charge in [-0.2, -0.15) is 0 Å². The Morgan fingerprint density at radius 3 is 1.06 bits per heavy atom. The summed E-state index contributed by atoms with van der Waals surface area (Å²) in [4.78, 5) is 60.9. The fraction of sp³-hybridized carbons (Fsp3) is 0.500. The van der Waals surface area contributed by atoms with Crippen molar-refractivity contribution in [1.29, 1.82) is 0 Å². The molecule has 0 saturated carbocycles. The molecule has 8 nitrogen and oxygen atoms in total. The molecule has 0 unspecified atom stereocenters. The number of piperidine rings is 2. The van der Waals surface area contributed by atoms with Crippen LogP contribution in [0.2, 0.25) is 0 Å². The lowest BCUT2D eigenvalue weighted by Crippen LogP contribution is -2.47. The van der Waals surface area contributed by atoms with Crippen LogP contribution in [0.25, 0.3) is 10.8 Å². The minimum atomic E-state index is -0.347. The molecule has 4 amide bonds. The first-order valence-electron chi connectivity index (χ1n) is 13.3. The molecule has 8 heteroatoms. The number of amides is 4. The summed E-state index contributed by atoms with van der Waals surface area (Å²) < 4.78 is 0. The smallest absolute Gasteiger partial charge is 0.261 e. The van der Waals surface area contributed by atoms with Crippen molar-refractivity contribution in [1.82, 2.24) is 19.6 Å². The number of hydrogen-bond donors (Lipinski definition) is 0. The van der Waals surface area contributed by atoms with Crippen molar-refractivity contribution in [2.45, 2.75) is 38.5 Å². The fourth-order valence-corrected chi connectivity index (χ4v) is 6.23. The maximum atomic E-state index is 13.4. The van der Waals surface area contributed by atoms with Gasteiger partial charge in [-0.15, -0.1) is 0 Å². The van der Waals surface area contributed by atoms with Gasteiger partial charge in [0.05, 0.1) is 0 Å². The number of hydrogen-bond acceptors (Lipinski definition) is 6. The summed E-state index contributed by atoms with van der Waals surface area (Å²) in [6.45, 7) is 5.97. The van der Waals surface area contributed by atoms with E-state index in [0.29, 0.717) is 59.2 Å². The molecule has 0 bridgehead atoms. The van der Waals surface area contributed by atoms with Crippen LogP contribution in [0.4, 0.5) is 0 Å². The second kappa shape index (κ2) is 9.41. The van der Waals surface area contributed by atoms with Crippen LogP contribution in [0.5, 0.6) is 0 Å². The van der Waals surface area contributed by atoms with Crippen LogP contribution in [-0.2, 0) is 0 Å². The van der Waals surface area contributed by atoms with Crippen molar-refractivity contribution in [3.8, 4) is 0 Å². The Labute approximate surface area is 210 Å². The lowest BCUT2D eigenvalue weighted by atomic mass is 9.86. The Morgan fingerprint density at radius 1 is 0.444 bits per heavy atom. The van der Waals surface area contributed by atoms with E-state index in [4.69, 9.17) is 0 Å². The van der Waals surface area contributed by atoms with E-state index in [2.05, 4.69) is 9.80 Å². The van der Waals surface area contributed by atoms with Crippen molar-refractivity contribution in [2.75, 3.05) is 52.4 Å². The quantitative estimate of drug-likeness (QED) is 0.582. The molecule has 2 aromatic carbocycles. The molecule has 0 atom stereocenters.